The molecule has 32 heavy (non-hydrogen) atoms. The lowest BCUT2D eigenvalue weighted by Crippen LogP contribution is -2.67. The molecule has 5 rings (SSSR count). The van der Waals surface area contributed by atoms with Gasteiger partial charge in [0.05, 0.1) is 43.4 Å². The highest BCUT2D eigenvalue weighted by Crippen LogP contribution is 2.57. The Balaban J connectivity index is 1.69. The second-order valence-electron chi connectivity index (χ2n) is 8.08. The number of esters is 1. The van der Waals surface area contributed by atoms with E-state index in [1.54, 1.807) is 17.0 Å². The van der Waals surface area contributed by atoms with Gasteiger partial charge < -0.3 is 14.5 Å². The molecule has 4 atom stereocenters. The standard InChI is InChI=1S/C22H20FN3O6/c1-31-15(27)11-22-17-16(19(28)26(20(17)29)13-6-4-12(23)5-7-13)18(14-3-2-10-32-14)25(22)9-8-24-21(22)30/h2-7,10,16-18H,8-9,11H2,1H3,(H,24,30). The summed E-state index contributed by atoms with van der Waals surface area (Å²) in [5.41, 5.74) is -1.42. The molecule has 1 N–H and O–H groups in total. The van der Waals surface area contributed by atoms with Crippen LogP contribution in [0, 0.1) is 17.7 Å². The van der Waals surface area contributed by atoms with Crippen molar-refractivity contribution in [3.8, 4) is 0 Å². The maximum Gasteiger partial charge on any atom is 0.307 e. The van der Waals surface area contributed by atoms with Crippen molar-refractivity contribution in [1.82, 2.24) is 10.2 Å². The topological polar surface area (TPSA) is 109 Å². The van der Waals surface area contributed by atoms with Crippen LogP contribution < -0.4 is 10.2 Å². The van der Waals surface area contributed by atoms with Crippen LogP contribution >= 0.6 is 0 Å². The molecule has 3 fully saturated rings. The van der Waals surface area contributed by atoms with Gasteiger partial charge in [-0.15, -0.1) is 0 Å². The highest BCUT2D eigenvalue weighted by molar-refractivity contribution is 6.24. The number of nitrogens with one attached hydrogen (secondary N) is 1. The summed E-state index contributed by atoms with van der Waals surface area (Å²) >= 11 is 0. The molecule has 1 aromatic heterocycles. The van der Waals surface area contributed by atoms with E-state index in [1.807, 2.05) is 0 Å². The molecule has 0 bridgehead atoms. The lowest BCUT2D eigenvalue weighted by molar-refractivity contribution is -0.154. The average molecular weight is 441 g/mol. The molecule has 0 saturated carbocycles. The number of ether oxygens (including phenoxy) is 1. The van der Waals surface area contributed by atoms with E-state index >= 15 is 0 Å². The van der Waals surface area contributed by atoms with E-state index in [1.165, 1.54) is 25.5 Å². The lowest BCUT2D eigenvalue weighted by Gasteiger charge is -2.44. The fourth-order valence-electron chi connectivity index (χ4n) is 5.40. The van der Waals surface area contributed by atoms with Crippen molar-refractivity contribution in [3.63, 3.8) is 0 Å². The Labute approximate surface area is 182 Å². The number of hydrogen-bond acceptors (Lipinski definition) is 7. The average Bonchev–Trinajstić information content (AvgIpc) is 3.46. The van der Waals surface area contributed by atoms with Crippen LogP contribution in [0.15, 0.2) is 47.1 Å². The normalized spacial score (nSPS) is 29.6. The largest absolute Gasteiger partial charge is 0.469 e. The predicted octanol–water partition coefficient (Wildman–Crippen LogP) is 1.01. The molecule has 4 heterocycles. The third-order valence-electron chi connectivity index (χ3n) is 6.65. The van der Waals surface area contributed by atoms with Crippen molar-refractivity contribution in [2.75, 3.05) is 25.1 Å². The second kappa shape index (κ2) is 7.27. The Morgan fingerprint density at radius 1 is 1.22 bits per heavy atom. The Kier molecular flexibility index (Phi) is 4.63. The number of imide groups is 1. The molecule has 0 spiro atoms. The van der Waals surface area contributed by atoms with Crippen molar-refractivity contribution in [2.24, 2.45) is 11.8 Å². The number of anilines is 1. The molecule has 0 aliphatic carbocycles. The van der Waals surface area contributed by atoms with Crippen molar-refractivity contribution < 1.29 is 32.7 Å². The minimum Gasteiger partial charge on any atom is -0.469 e. The molecule has 4 unspecified atom stereocenters. The quantitative estimate of drug-likeness (QED) is 0.557. The van der Waals surface area contributed by atoms with E-state index in [4.69, 9.17) is 9.15 Å². The number of methoxy groups -OCH3 is 1. The number of amides is 3. The number of halogens is 1. The number of carbonyl (C=O) groups is 4. The minimum absolute atomic E-state index is 0.199. The van der Waals surface area contributed by atoms with E-state index in [9.17, 15) is 23.6 Å². The Hall–Kier alpha value is -3.53. The van der Waals surface area contributed by atoms with Gasteiger partial charge in [-0.3, -0.25) is 24.1 Å². The van der Waals surface area contributed by atoms with Crippen LogP contribution in [0.1, 0.15) is 18.2 Å². The molecule has 2 aromatic rings. The Morgan fingerprint density at radius 3 is 2.62 bits per heavy atom. The van der Waals surface area contributed by atoms with Crippen LogP contribution in [-0.4, -0.2) is 54.3 Å². The molecule has 0 radical (unpaired) electrons. The second-order valence-corrected chi connectivity index (χ2v) is 8.08. The Bertz CT molecular complexity index is 1100. The first-order valence-electron chi connectivity index (χ1n) is 10.2. The smallest absolute Gasteiger partial charge is 0.307 e. The maximum atomic E-state index is 13.7. The summed E-state index contributed by atoms with van der Waals surface area (Å²) in [7, 11) is 1.20. The summed E-state index contributed by atoms with van der Waals surface area (Å²) in [6.07, 6.45) is 1.05. The summed E-state index contributed by atoms with van der Waals surface area (Å²) in [6.45, 7) is 0.612. The third kappa shape index (κ3) is 2.65. The molecule has 3 amide bonds. The SMILES string of the molecule is COC(=O)CC12C(=O)NCCN1C(c1ccco1)C1C(=O)N(c3ccc(F)cc3)C(=O)C12. The van der Waals surface area contributed by atoms with Gasteiger partial charge in [-0.2, -0.15) is 0 Å². The number of piperazine rings is 1. The third-order valence-corrected chi connectivity index (χ3v) is 6.65. The molecule has 3 saturated heterocycles. The van der Waals surface area contributed by atoms with Crippen molar-refractivity contribution >= 4 is 29.4 Å². The summed E-state index contributed by atoms with van der Waals surface area (Å²) in [6, 6.07) is 7.58. The number of hydrogen-bond donors (Lipinski definition) is 1. The van der Waals surface area contributed by atoms with Crippen molar-refractivity contribution in [1.29, 1.82) is 0 Å². The minimum atomic E-state index is -1.62. The van der Waals surface area contributed by atoms with Gasteiger partial charge in [-0.05, 0) is 36.4 Å². The molecular weight excluding hydrogens is 421 g/mol. The van der Waals surface area contributed by atoms with E-state index in [0.717, 1.165) is 17.0 Å². The summed E-state index contributed by atoms with van der Waals surface area (Å²) in [4.78, 5) is 55.8. The maximum absolute atomic E-state index is 13.7. The van der Waals surface area contributed by atoms with Crippen molar-refractivity contribution in [2.45, 2.75) is 18.0 Å². The highest BCUT2D eigenvalue weighted by atomic mass is 19.1. The lowest BCUT2D eigenvalue weighted by atomic mass is 9.76. The number of nitrogens with zero attached hydrogens (tertiary/aromatic N) is 2. The first-order chi connectivity index (χ1) is 15.4. The van der Waals surface area contributed by atoms with Gasteiger partial charge >= 0.3 is 5.97 Å². The van der Waals surface area contributed by atoms with Crippen LogP contribution in [0.3, 0.4) is 0 Å². The summed E-state index contributed by atoms with van der Waals surface area (Å²) in [5, 5.41) is 2.75. The van der Waals surface area contributed by atoms with Gasteiger partial charge in [0.2, 0.25) is 17.7 Å². The number of rotatable bonds is 4. The predicted molar refractivity (Wildman–Crippen MR) is 106 cm³/mol. The summed E-state index contributed by atoms with van der Waals surface area (Å²) < 4.78 is 23.9. The first-order valence-corrected chi connectivity index (χ1v) is 10.2. The van der Waals surface area contributed by atoms with Crippen LogP contribution in [0.5, 0.6) is 0 Å². The van der Waals surface area contributed by atoms with E-state index in [2.05, 4.69) is 5.32 Å². The highest BCUT2D eigenvalue weighted by Gasteiger charge is 2.73. The zero-order valence-corrected chi connectivity index (χ0v) is 17.1. The van der Waals surface area contributed by atoms with E-state index < -0.39 is 59.3 Å². The van der Waals surface area contributed by atoms with Gasteiger partial charge in [0.1, 0.15) is 17.1 Å². The molecule has 9 nitrogen and oxygen atoms in total. The van der Waals surface area contributed by atoms with Crippen LogP contribution in [0.4, 0.5) is 10.1 Å². The molecule has 3 aliphatic rings. The van der Waals surface area contributed by atoms with Gasteiger partial charge in [0, 0.05) is 13.1 Å². The van der Waals surface area contributed by atoms with Gasteiger partial charge in [-0.1, -0.05) is 0 Å². The zero-order valence-electron chi connectivity index (χ0n) is 17.1. The van der Waals surface area contributed by atoms with Crippen LogP contribution in [0.2, 0.25) is 0 Å². The molecule has 1 aromatic carbocycles. The van der Waals surface area contributed by atoms with E-state index in [-0.39, 0.29) is 5.69 Å². The molecule has 10 heteroatoms. The number of fused-ring (bicyclic) bond motifs is 3. The molecule has 166 valence electrons. The molecular formula is C22H20FN3O6. The number of furan rings is 1. The number of benzene rings is 1. The van der Waals surface area contributed by atoms with Gasteiger partial charge in [0.15, 0.2) is 0 Å². The van der Waals surface area contributed by atoms with Gasteiger partial charge in [-0.25, -0.2) is 9.29 Å². The monoisotopic (exact) mass is 441 g/mol. The fourth-order valence-corrected chi connectivity index (χ4v) is 5.40. The van der Waals surface area contributed by atoms with Crippen molar-refractivity contribution in [3.05, 3.63) is 54.2 Å². The number of carbonyl (C=O) groups excluding carboxylic acids is 4. The summed E-state index contributed by atoms with van der Waals surface area (Å²) in [5.74, 6) is -4.54. The first kappa shape index (κ1) is 20.4. The van der Waals surface area contributed by atoms with Gasteiger partial charge in [0.25, 0.3) is 0 Å². The van der Waals surface area contributed by atoms with E-state index in [0.29, 0.717) is 18.8 Å². The van der Waals surface area contributed by atoms with Crippen LogP contribution in [-0.2, 0) is 23.9 Å². The Morgan fingerprint density at radius 2 is 1.97 bits per heavy atom. The molecule has 3 aliphatic heterocycles. The fraction of sp³-hybridized carbons (Fsp3) is 0.364. The zero-order chi connectivity index (χ0) is 22.6. The van der Waals surface area contributed by atoms with Crippen LogP contribution in [0.25, 0.3) is 0 Å².